The molecule has 1 aliphatic heterocycles. The molecular weight excluding hydrogens is 472 g/mol. The fraction of sp³-hybridized carbons (Fsp3) is 0.207. The molecule has 2 aromatic carbocycles. The van der Waals surface area contributed by atoms with Crippen LogP contribution >= 0.6 is 11.3 Å². The summed E-state index contributed by atoms with van der Waals surface area (Å²) < 4.78 is 13.1. The number of hydrogen-bond donors (Lipinski definition) is 0. The van der Waals surface area contributed by atoms with Crippen molar-refractivity contribution in [2.75, 3.05) is 7.11 Å². The number of esters is 1. The maximum Gasteiger partial charge on any atom is 0.338 e. The van der Waals surface area contributed by atoms with Crippen LogP contribution in [-0.2, 0) is 9.53 Å². The van der Waals surface area contributed by atoms with Gasteiger partial charge in [-0.3, -0.25) is 9.36 Å². The Hall–Kier alpha value is -3.97. The van der Waals surface area contributed by atoms with Gasteiger partial charge in [-0.2, -0.15) is 0 Å². The third-order valence-electron chi connectivity index (χ3n) is 6.30. The minimum absolute atomic E-state index is 0.233. The number of carbonyl (C=O) groups excluding carboxylic acids is 1. The van der Waals surface area contributed by atoms with E-state index in [1.165, 1.54) is 24.0 Å². The van der Waals surface area contributed by atoms with Crippen LogP contribution in [0.1, 0.15) is 49.6 Å². The SMILES string of the molecule is COC(=O)C1=C(C)N=c2s/c(=C\c3ccc(-c4ccccc4)o3)c(=O)n2C1c1ccc(C(C)C)cc1. The summed E-state index contributed by atoms with van der Waals surface area (Å²) >= 11 is 1.28. The molecule has 36 heavy (non-hydrogen) atoms. The van der Waals surface area contributed by atoms with E-state index in [0.717, 1.165) is 16.9 Å². The lowest BCUT2D eigenvalue weighted by Crippen LogP contribution is -2.39. The van der Waals surface area contributed by atoms with E-state index in [1.54, 1.807) is 17.6 Å². The van der Waals surface area contributed by atoms with Gasteiger partial charge in [-0.15, -0.1) is 0 Å². The maximum absolute atomic E-state index is 13.7. The van der Waals surface area contributed by atoms with Crippen molar-refractivity contribution in [3.05, 3.63) is 115 Å². The van der Waals surface area contributed by atoms with Gasteiger partial charge < -0.3 is 9.15 Å². The normalized spacial score (nSPS) is 15.7. The van der Waals surface area contributed by atoms with Crippen LogP contribution in [0.4, 0.5) is 0 Å². The number of hydrogen-bond acceptors (Lipinski definition) is 6. The van der Waals surface area contributed by atoms with Gasteiger partial charge in [0, 0.05) is 11.6 Å². The molecule has 5 rings (SSSR count). The van der Waals surface area contributed by atoms with Crippen LogP contribution in [-0.4, -0.2) is 17.6 Å². The van der Waals surface area contributed by atoms with Crippen LogP contribution in [0.25, 0.3) is 17.4 Å². The quantitative estimate of drug-likeness (QED) is 0.371. The molecule has 3 heterocycles. The molecule has 4 aromatic rings. The van der Waals surface area contributed by atoms with Crippen LogP contribution in [0.5, 0.6) is 0 Å². The number of rotatable bonds is 5. The van der Waals surface area contributed by atoms with Crippen molar-refractivity contribution in [3.63, 3.8) is 0 Å². The Morgan fingerprint density at radius 2 is 1.81 bits per heavy atom. The minimum Gasteiger partial charge on any atom is -0.466 e. The van der Waals surface area contributed by atoms with E-state index in [-0.39, 0.29) is 5.56 Å². The Morgan fingerprint density at radius 3 is 2.47 bits per heavy atom. The highest BCUT2D eigenvalue weighted by atomic mass is 32.1. The molecule has 0 fully saturated rings. The molecule has 0 amide bonds. The second-order valence-corrected chi connectivity index (χ2v) is 9.97. The average molecular weight is 499 g/mol. The first-order chi connectivity index (χ1) is 17.4. The van der Waals surface area contributed by atoms with E-state index in [1.807, 2.05) is 66.7 Å². The zero-order valence-electron chi connectivity index (χ0n) is 20.5. The lowest BCUT2D eigenvalue weighted by Gasteiger charge is -2.24. The number of aromatic nitrogens is 1. The van der Waals surface area contributed by atoms with E-state index in [2.05, 4.69) is 18.8 Å². The number of carbonyl (C=O) groups is 1. The Morgan fingerprint density at radius 1 is 1.08 bits per heavy atom. The first kappa shape index (κ1) is 23.8. The second kappa shape index (κ2) is 9.59. The van der Waals surface area contributed by atoms with Gasteiger partial charge in [0.15, 0.2) is 4.80 Å². The smallest absolute Gasteiger partial charge is 0.338 e. The fourth-order valence-corrected chi connectivity index (χ4v) is 5.42. The van der Waals surface area contributed by atoms with Crippen LogP contribution in [0.15, 0.2) is 92.2 Å². The molecule has 0 saturated carbocycles. The van der Waals surface area contributed by atoms with Crippen molar-refractivity contribution in [3.8, 4) is 11.3 Å². The average Bonchev–Trinajstić information content (AvgIpc) is 3.48. The van der Waals surface area contributed by atoms with E-state index >= 15 is 0 Å². The number of methoxy groups -OCH3 is 1. The topological polar surface area (TPSA) is 73.8 Å². The minimum atomic E-state index is -0.631. The van der Waals surface area contributed by atoms with E-state index < -0.39 is 12.0 Å². The van der Waals surface area contributed by atoms with E-state index in [4.69, 9.17) is 9.15 Å². The second-order valence-electron chi connectivity index (χ2n) is 8.96. The Balaban J connectivity index is 1.64. The number of nitrogens with zero attached hydrogens (tertiary/aromatic N) is 2. The standard InChI is InChI=1S/C29H26N2O4S/c1-17(2)19-10-12-21(13-11-19)26-25(28(33)34-4)18(3)30-29-31(26)27(32)24(36-29)16-22-14-15-23(35-22)20-8-6-5-7-9-20/h5-17,26H,1-4H3/b24-16-. The van der Waals surface area contributed by atoms with Crippen LogP contribution in [0, 0.1) is 0 Å². The molecule has 0 spiro atoms. The summed E-state index contributed by atoms with van der Waals surface area (Å²) in [7, 11) is 1.34. The third kappa shape index (κ3) is 4.27. The summed E-state index contributed by atoms with van der Waals surface area (Å²) in [6.07, 6.45) is 1.73. The molecule has 0 saturated heterocycles. The molecule has 2 aromatic heterocycles. The number of benzene rings is 2. The lowest BCUT2D eigenvalue weighted by atomic mass is 9.93. The molecule has 1 atom stereocenters. The lowest BCUT2D eigenvalue weighted by molar-refractivity contribution is -0.136. The number of thiazole rings is 1. The van der Waals surface area contributed by atoms with Gasteiger partial charge in [-0.1, -0.05) is 79.8 Å². The van der Waals surface area contributed by atoms with Crippen LogP contribution in [0.3, 0.4) is 0 Å². The Kier molecular flexibility index (Phi) is 6.33. The fourth-order valence-electron chi connectivity index (χ4n) is 4.39. The number of furan rings is 1. The summed E-state index contributed by atoms with van der Waals surface area (Å²) in [5, 5.41) is 0. The Bertz CT molecular complexity index is 1640. The van der Waals surface area contributed by atoms with E-state index in [0.29, 0.717) is 32.3 Å². The summed E-state index contributed by atoms with van der Waals surface area (Å²) in [5.41, 5.74) is 3.63. The van der Waals surface area contributed by atoms with Crippen molar-refractivity contribution in [1.82, 2.24) is 4.57 Å². The highest BCUT2D eigenvalue weighted by Gasteiger charge is 2.33. The molecule has 0 radical (unpaired) electrons. The first-order valence-electron chi connectivity index (χ1n) is 11.7. The summed E-state index contributed by atoms with van der Waals surface area (Å²) in [4.78, 5) is 31.6. The first-order valence-corrected chi connectivity index (χ1v) is 12.5. The number of ether oxygens (including phenoxy) is 1. The summed E-state index contributed by atoms with van der Waals surface area (Å²) in [5.74, 6) is 1.16. The van der Waals surface area contributed by atoms with Crippen LogP contribution in [0.2, 0.25) is 0 Å². The van der Waals surface area contributed by atoms with Gasteiger partial charge in [0.25, 0.3) is 5.56 Å². The molecule has 182 valence electrons. The van der Waals surface area contributed by atoms with Gasteiger partial charge >= 0.3 is 5.97 Å². The molecule has 1 unspecified atom stereocenters. The van der Waals surface area contributed by atoms with Gasteiger partial charge in [0.1, 0.15) is 11.5 Å². The predicted molar refractivity (Wildman–Crippen MR) is 140 cm³/mol. The molecule has 0 bridgehead atoms. The Labute approximate surface area is 212 Å². The van der Waals surface area contributed by atoms with Gasteiger partial charge in [-0.25, -0.2) is 9.79 Å². The summed E-state index contributed by atoms with van der Waals surface area (Å²) in [6.45, 7) is 6.03. The van der Waals surface area contributed by atoms with Gasteiger partial charge in [0.2, 0.25) is 0 Å². The van der Waals surface area contributed by atoms with Gasteiger partial charge in [-0.05, 0) is 36.1 Å². The summed E-state index contributed by atoms with van der Waals surface area (Å²) in [6, 6.07) is 20.9. The van der Waals surface area contributed by atoms with Crippen molar-refractivity contribution < 1.29 is 13.9 Å². The van der Waals surface area contributed by atoms with Crippen molar-refractivity contribution in [1.29, 1.82) is 0 Å². The zero-order chi connectivity index (χ0) is 25.4. The molecule has 6 nitrogen and oxygen atoms in total. The maximum atomic E-state index is 13.7. The van der Waals surface area contributed by atoms with Crippen molar-refractivity contribution >= 4 is 23.4 Å². The third-order valence-corrected chi connectivity index (χ3v) is 7.29. The molecule has 0 aliphatic carbocycles. The number of fused-ring (bicyclic) bond motifs is 1. The monoisotopic (exact) mass is 498 g/mol. The zero-order valence-corrected chi connectivity index (χ0v) is 21.3. The van der Waals surface area contributed by atoms with Gasteiger partial charge in [0.05, 0.1) is 29.0 Å². The largest absolute Gasteiger partial charge is 0.466 e. The van der Waals surface area contributed by atoms with Crippen molar-refractivity contribution in [2.24, 2.45) is 4.99 Å². The highest BCUT2D eigenvalue weighted by molar-refractivity contribution is 7.07. The highest BCUT2D eigenvalue weighted by Crippen LogP contribution is 2.31. The molecular formula is C29H26N2O4S. The van der Waals surface area contributed by atoms with E-state index in [9.17, 15) is 9.59 Å². The molecule has 7 heteroatoms. The molecule has 1 aliphatic rings. The van der Waals surface area contributed by atoms with Crippen LogP contribution < -0.4 is 14.9 Å². The predicted octanol–water partition coefficient (Wildman–Crippen LogP) is 4.79. The number of allylic oxidation sites excluding steroid dienone is 1. The molecule has 0 N–H and O–H groups in total. The van der Waals surface area contributed by atoms with Crippen molar-refractivity contribution in [2.45, 2.75) is 32.7 Å².